The summed E-state index contributed by atoms with van der Waals surface area (Å²) in [4.78, 5) is 2.53. The van der Waals surface area contributed by atoms with Crippen LogP contribution in [0, 0.1) is 5.92 Å². The van der Waals surface area contributed by atoms with E-state index in [1.807, 2.05) is 0 Å². The van der Waals surface area contributed by atoms with Crippen LogP contribution in [0.5, 0.6) is 0 Å². The lowest BCUT2D eigenvalue weighted by molar-refractivity contribution is 0.137. The molecule has 0 bridgehead atoms. The molecule has 0 N–H and O–H groups in total. The molecule has 0 saturated carbocycles. The molecular weight excluding hydrogens is 138 g/mol. The van der Waals surface area contributed by atoms with Crippen molar-refractivity contribution in [3.05, 3.63) is 0 Å². The molecule has 0 aromatic heterocycles. The van der Waals surface area contributed by atoms with E-state index in [9.17, 15) is 0 Å². The minimum Gasteiger partial charge on any atom is -0.384 e. The van der Waals surface area contributed by atoms with E-state index in [2.05, 4.69) is 11.8 Å². The maximum absolute atomic E-state index is 5.09. The first-order chi connectivity index (χ1) is 5.33. The highest BCUT2D eigenvalue weighted by molar-refractivity contribution is 4.68. The van der Waals surface area contributed by atoms with Gasteiger partial charge in [-0.1, -0.05) is 6.92 Å². The van der Waals surface area contributed by atoms with Gasteiger partial charge in [0.2, 0.25) is 0 Å². The number of nitrogens with zero attached hydrogens (tertiary/aromatic N) is 1. The molecule has 0 amide bonds. The second-order valence-electron chi connectivity index (χ2n) is 3.57. The normalized spacial score (nSPS) is 22.4. The van der Waals surface area contributed by atoms with Gasteiger partial charge >= 0.3 is 0 Å². The van der Waals surface area contributed by atoms with Crippen LogP contribution in [-0.2, 0) is 4.74 Å². The van der Waals surface area contributed by atoms with Crippen molar-refractivity contribution < 1.29 is 4.74 Å². The van der Waals surface area contributed by atoms with Crippen molar-refractivity contribution in [2.75, 3.05) is 33.4 Å². The second kappa shape index (κ2) is 4.73. The van der Waals surface area contributed by atoms with E-state index >= 15 is 0 Å². The molecule has 0 radical (unpaired) electrons. The largest absolute Gasteiger partial charge is 0.384 e. The number of methoxy groups -OCH3 is 1. The van der Waals surface area contributed by atoms with Crippen molar-refractivity contribution in [1.82, 2.24) is 4.90 Å². The van der Waals surface area contributed by atoms with Crippen LogP contribution in [0.3, 0.4) is 0 Å². The Hall–Kier alpha value is -0.0800. The Bertz CT molecular complexity index is 99.7. The summed E-state index contributed by atoms with van der Waals surface area (Å²) in [7, 11) is 1.78. The summed E-state index contributed by atoms with van der Waals surface area (Å²) in [5, 5.41) is 0. The Labute approximate surface area is 69.5 Å². The molecule has 2 nitrogen and oxygen atoms in total. The molecule has 66 valence electrons. The van der Waals surface area contributed by atoms with Gasteiger partial charge in [-0.05, 0) is 31.8 Å². The van der Waals surface area contributed by atoms with Gasteiger partial charge in [-0.15, -0.1) is 0 Å². The third-order valence-electron chi connectivity index (χ3n) is 2.22. The third kappa shape index (κ3) is 3.21. The van der Waals surface area contributed by atoms with Gasteiger partial charge in [0.05, 0.1) is 0 Å². The van der Waals surface area contributed by atoms with Crippen molar-refractivity contribution in [2.24, 2.45) is 5.92 Å². The van der Waals surface area contributed by atoms with E-state index in [4.69, 9.17) is 4.74 Å². The van der Waals surface area contributed by atoms with Crippen molar-refractivity contribution >= 4 is 0 Å². The summed E-state index contributed by atoms with van der Waals surface area (Å²) in [6, 6.07) is 0. The average Bonchev–Trinajstić information content (AvgIpc) is 2.40. The van der Waals surface area contributed by atoms with E-state index < -0.39 is 0 Å². The van der Waals surface area contributed by atoms with E-state index in [0.717, 1.165) is 6.61 Å². The number of rotatable bonds is 4. The molecule has 1 aliphatic rings. The molecular formula is C9H19NO. The van der Waals surface area contributed by atoms with Crippen LogP contribution in [0.2, 0.25) is 0 Å². The number of hydrogen-bond donors (Lipinski definition) is 0. The van der Waals surface area contributed by atoms with Gasteiger partial charge in [0.15, 0.2) is 0 Å². The summed E-state index contributed by atoms with van der Waals surface area (Å²) in [5.74, 6) is 0.693. The van der Waals surface area contributed by atoms with Gasteiger partial charge in [0, 0.05) is 20.3 Å². The summed E-state index contributed by atoms with van der Waals surface area (Å²) < 4.78 is 5.09. The Morgan fingerprint density at radius 3 is 2.55 bits per heavy atom. The molecule has 0 spiro atoms. The fraction of sp³-hybridized carbons (Fsp3) is 1.00. The Morgan fingerprint density at radius 1 is 1.36 bits per heavy atom. The zero-order valence-electron chi connectivity index (χ0n) is 7.68. The van der Waals surface area contributed by atoms with Crippen LogP contribution in [0.15, 0.2) is 0 Å². The van der Waals surface area contributed by atoms with Crippen molar-refractivity contribution in [3.63, 3.8) is 0 Å². The molecule has 0 aromatic rings. The SMILES string of the molecule is COC[C@@H](C)CN1CCCC1. The molecule has 0 unspecified atom stereocenters. The summed E-state index contributed by atoms with van der Waals surface area (Å²) in [5.41, 5.74) is 0. The van der Waals surface area contributed by atoms with E-state index in [1.165, 1.54) is 32.5 Å². The monoisotopic (exact) mass is 157 g/mol. The predicted molar refractivity (Wildman–Crippen MR) is 46.7 cm³/mol. The quantitative estimate of drug-likeness (QED) is 0.611. The summed E-state index contributed by atoms with van der Waals surface area (Å²) >= 11 is 0. The molecule has 1 atom stereocenters. The molecule has 0 aromatic carbocycles. The van der Waals surface area contributed by atoms with Crippen LogP contribution in [0.25, 0.3) is 0 Å². The second-order valence-corrected chi connectivity index (χ2v) is 3.57. The molecule has 0 aliphatic carbocycles. The maximum atomic E-state index is 5.09. The minimum atomic E-state index is 0.693. The summed E-state index contributed by atoms with van der Waals surface area (Å²) in [6.07, 6.45) is 2.78. The number of ether oxygens (including phenoxy) is 1. The standard InChI is InChI=1S/C9H19NO/c1-9(8-11-2)7-10-5-3-4-6-10/h9H,3-8H2,1-2H3/t9-/m0/s1. The van der Waals surface area contributed by atoms with Gasteiger partial charge in [0.1, 0.15) is 0 Å². The highest BCUT2D eigenvalue weighted by Crippen LogP contribution is 2.09. The lowest BCUT2D eigenvalue weighted by atomic mass is 10.2. The van der Waals surface area contributed by atoms with E-state index in [-0.39, 0.29) is 0 Å². The fourth-order valence-corrected chi connectivity index (χ4v) is 1.74. The fourth-order valence-electron chi connectivity index (χ4n) is 1.74. The van der Waals surface area contributed by atoms with Crippen molar-refractivity contribution in [3.8, 4) is 0 Å². The van der Waals surface area contributed by atoms with E-state index in [1.54, 1.807) is 7.11 Å². The first kappa shape index (κ1) is 9.01. The van der Waals surface area contributed by atoms with Crippen LogP contribution >= 0.6 is 0 Å². The van der Waals surface area contributed by atoms with Gasteiger partial charge < -0.3 is 9.64 Å². The Balaban J connectivity index is 2.08. The van der Waals surface area contributed by atoms with Gasteiger partial charge in [-0.2, -0.15) is 0 Å². The molecule has 2 heteroatoms. The van der Waals surface area contributed by atoms with Gasteiger partial charge in [-0.25, -0.2) is 0 Å². The molecule has 1 fully saturated rings. The average molecular weight is 157 g/mol. The zero-order chi connectivity index (χ0) is 8.10. The van der Waals surface area contributed by atoms with Crippen molar-refractivity contribution in [1.29, 1.82) is 0 Å². The van der Waals surface area contributed by atoms with Crippen LogP contribution in [-0.4, -0.2) is 38.3 Å². The first-order valence-corrected chi connectivity index (χ1v) is 4.54. The maximum Gasteiger partial charge on any atom is 0.0500 e. The molecule has 1 saturated heterocycles. The molecule has 11 heavy (non-hydrogen) atoms. The highest BCUT2D eigenvalue weighted by atomic mass is 16.5. The van der Waals surface area contributed by atoms with Crippen LogP contribution in [0.1, 0.15) is 19.8 Å². The lowest BCUT2D eigenvalue weighted by Gasteiger charge is -2.19. The number of likely N-dealkylation sites (tertiary alicyclic amines) is 1. The highest BCUT2D eigenvalue weighted by Gasteiger charge is 2.13. The van der Waals surface area contributed by atoms with Crippen LogP contribution in [0.4, 0.5) is 0 Å². The minimum absolute atomic E-state index is 0.693. The first-order valence-electron chi connectivity index (χ1n) is 4.54. The number of hydrogen-bond acceptors (Lipinski definition) is 2. The van der Waals surface area contributed by atoms with Gasteiger partial charge in [-0.3, -0.25) is 0 Å². The lowest BCUT2D eigenvalue weighted by Crippen LogP contribution is -2.27. The van der Waals surface area contributed by atoms with Crippen LogP contribution < -0.4 is 0 Å². The Kier molecular flexibility index (Phi) is 3.87. The zero-order valence-corrected chi connectivity index (χ0v) is 7.68. The topological polar surface area (TPSA) is 12.5 Å². The van der Waals surface area contributed by atoms with Gasteiger partial charge in [0.25, 0.3) is 0 Å². The van der Waals surface area contributed by atoms with E-state index in [0.29, 0.717) is 5.92 Å². The summed E-state index contributed by atoms with van der Waals surface area (Å²) in [6.45, 7) is 6.97. The molecule has 1 aliphatic heterocycles. The third-order valence-corrected chi connectivity index (χ3v) is 2.22. The molecule has 1 heterocycles. The smallest absolute Gasteiger partial charge is 0.0500 e. The predicted octanol–water partition coefficient (Wildman–Crippen LogP) is 1.36. The Morgan fingerprint density at radius 2 is 2.00 bits per heavy atom. The van der Waals surface area contributed by atoms with Crippen molar-refractivity contribution in [2.45, 2.75) is 19.8 Å². The molecule has 1 rings (SSSR count).